The van der Waals surface area contributed by atoms with Crippen LogP contribution in [0.1, 0.15) is 33.6 Å². The van der Waals surface area contributed by atoms with Crippen molar-refractivity contribution in [3.8, 4) is 0 Å². The third-order valence-electron chi connectivity index (χ3n) is 7.52. The molecule has 4 aromatic rings. The van der Waals surface area contributed by atoms with E-state index in [2.05, 4.69) is 142 Å². The van der Waals surface area contributed by atoms with Gasteiger partial charge in [-0.2, -0.15) is 0 Å². The van der Waals surface area contributed by atoms with Crippen LogP contribution >= 0.6 is 15.8 Å². The molecule has 1 aliphatic carbocycles. The van der Waals surface area contributed by atoms with E-state index in [0.29, 0.717) is 16.7 Å². The molecule has 35 heavy (non-hydrogen) atoms. The van der Waals surface area contributed by atoms with Crippen molar-refractivity contribution in [2.75, 3.05) is 0 Å². The van der Waals surface area contributed by atoms with E-state index < -0.39 is 15.8 Å². The molecule has 4 aromatic carbocycles. The Labute approximate surface area is 214 Å². The van der Waals surface area contributed by atoms with Gasteiger partial charge in [-0.1, -0.05) is 142 Å². The Morgan fingerprint density at radius 3 is 0.943 bits per heavy atom. The molecule has 0 saturated heterocycles. The van der Waals surface area contributed by atoms with Gasteiger partial charge < -0.3 is 0 Å². The van der Waals surface area contributed by atoms with E-state index in [1.165, 1.54) is 34.1 Å². The molecule has 0 heterocycles. The van der Waals surface area contributed by atoms with E-state index >= 15 is 0 Å². The lowest BCUT2D eigenvalue weighted by atomic mass is 9.80. The Hall–Kier alpha value is -2.26. The summed E-state index contributed by atoms with van der Waals surface area (Å²) in [7, 11) is -0.924. The minimum Gasteiger partial charge on any atom is -0.0622 e. The highest BCUT2D eigenvalue weighted by molar-refractivity contribution is 7.77. The van der Waals surface area contributed by atoms with Gasteiger partial charge in [0, 0.05) is 0 Å². The molecule has 0 radical (unpaired) electrons. The van der Waals surface area contributed by atoms with Gasteiger partial charge in [0.15, 0.2) is 0 Å². The van der Waals surface area contributed by atoms with Crippen molar-refractivity contribution in [2.45, 2.75) is 44.9 Å². The summed E-state index contributed by atoms with van der Waals surface area (Å²) in [6, 6.07) is 45.6. The Kier molecular flexibility index (Phi) is 7.53. The van der Waals surface area contributed by atoms with Gasteiger partial charge >= 0.3 is 0 Å². The maximum atomic E-state index is 2.46. The van der Waals surface area contributed by atoms with E-state index in [1.54, 1.807) is 0 Å². The normalized spacial score (nSPS) is 20.4. The maximum Gasteiger partial charge on any atom is -0.00522 e. The van der Waals surface area contributed by atoms with Crippen LogP contribution in [0.25, 0.3) is 0 Å². The van der Waals surface area contributed by atoms with E-state index in [0.717, 1.165) is 5.92 Å². The first-order chi connectivity index (χ1) is 17.0. The van der Waals surface area contributed by atoms with E-state index in [1.807, 2.05) is 0 Å². The summed E-state index contributed by atoms with van der Waals surface area (Å²) in [6.07, 6.45) is 2.62. The van der Waals surface area contributed by atoms with Crippen molar-refractivity contribution in [3.63, 3.8) is 0 Å². The highest BCUT2D eigenvalue weighted by Crippen LogP contribution is 2.61. The lowest BCUT2D eigenvalue weighted by molar-refractivity contribution is 0.247. The van der Waals surface area contributed by atoms with Crippen molar-refractivity contribution in [1.29, 1.82) is 0 Å². The SMILES string of the molecule is CC(C)(C)C1CC(P(c2ccccc2)c2ccccc2)[C@@H](P(c2ccccc2)c2ccccc2)C1. The number of hydrogen-bond donors (Lipinski definition) is 0. The molecule has 1 aliphatic rings. The summed E-state index contributed by atoms with van der Waals surface area (Å²) in [6.45, 7) is 7.37. The Morgan fingerprint density at radius 2 is 0.714 bits per heavy atom. The van der Waals surface area contributed by atoms with E-state index in [4.69, 9.17) is 0 Å². The van der Waals surface area contributed by atoms with Gasteiger partial charge in [0.1, 0.15) is 0 Å². The Bertz CT molecular complexity index is 1010. The molecule has 0 nitrogen and oxygen atoms in total. The summed E-state index contributed by atoms with van der Waals surface area (Å²) in [5.41, 5.74) is 1.63. The van der Waals surface area contributed by atoms with Crippen LogP contribution in [-0.2, 0) is 0 Å². The fourth-order valence-electron chi connectivity index (χ4n) is 5.67. The van der Waals surface area contributed by atoms with Crippen molar-refractivity contribution in [2.24, 2.45) is 11.3 Å². The summed E-state index contributed by atoms with van der Waals surface area (Å²) >= 11 is 0. The van der Waals surface area contributed by atoms with Crippen LogP contribution in [0.4, 0.5) is 0 Å². The second kappa shape index (κ2) is 10.8. The van der Waals surface area contributed by atoms with Gasteiger partial charge in [0.05, 0.1) is 0 Å². The molecule has 178 valence electrons. The summed E-state index contributed by atoms with van der Waals surface area (Å²) < 4.78 is 0. The molecular weight excluding hydrogens is 458 g/mol. The average Bonchev–Trinajstić information content (AvgIpc) is 3.32. The zero-order valence-electron chi connectivity index (χ0n) is 21.1. The third-order valence-corrected chi connectivity index (χ3v) is 13.6. The summed E-state index contributed by atoms with van der Waals surface area (Å²) in [5, 5.41) is 6.09. The van der Waals surface area contributed by atoms with E-state index in [9.17, 15) is 0 Å². The first kappa shape index (κ1) is 24.4. The monoisotopic (exact) mass is 494 g/mol. The Balaban J connectivity index is 1.67. The van der Waals surface area contributed by atoms with Crippen LogP contribution in [0.15, 0.2) is 121 Å². The van der Waals surface area contributed by atoms with Gasteiger partial charge in [-0.05, 0) is 72.6 Å². The highest BCUT2D eigenvalue weighted by atomic mass is 31.1. The highest BCUT2D eigenvalue weighted by Gasteiger charge is 2.47. The van der Waals surface area contributed by atoms with Gasteiger partial charge in [-0.3, -0.25) is 0 Å². The first-order valence-corrected chi connectivity index (χ1v) is 15.6. The molecule has 5 rings (SSSR count). The molecule has 0 amide bonds. The van der Waals surface area contributed by atoms with Gasteiger partial charge in [0.2, 0.25) is 0 Å². The van der Waals surface area contributed by atoms with Gasteiger partial charge in [0.25, 0.3) is 0 Å². The number of rotatable bonds is 6. The first-order valence-electron chi connectivity index (χ1n) is 12.8. The predicted molar refractivity (Wildman–Crippen MR) is 158 cm³/mol. The van der Waals surface area contributed by atoms with Crippen LogP contribution in [0.5, 0.6) is 0 Å². The van der Waals surface area contributed by atoms with Gasteiger partial charge in [-0.25, -0.2) is 0 Å². The third kappa shape index (κ3) is 5.45. The second-order valence-corrected chi connectivity index (χ2v) is 15.6. The fourth-order valence-corrected chi connectivity index (χ4v) is 12.4. The molecule has 1 saturated carbocycles. The standard InChI is InChI=1S/C33H36P2/c1-33(2,3)26-24-31(34(27-16-8-4-9-17-27)28-18-10-5-11-19-28)32(25-26)35(29-20-12-6-13-21-29)30-22-14-7-15-23-30/h4-23,26,31-32H,24-25H2,1-3H3/t26?,31-,32?/m0/s1. The molecule has 1 fully saturated rings. The Morgan fingerprint density at radius 1 is 0.457 bits per heavy atom. The van der Waals surface area contributed by atoms with Crippen molar-refractivity contribution in [1.82, 2.24) is 0 Å². The topological polar surface area (TPSA) is 0 Å². The van der Waals surface area contributed by atoms with Crippen molar-refractivity contribution >= 4 is 37.1 Å². The lowest BCUT2D eigenvalue weighted by Gasteiger charge is -2.35. The molecule has 0 spiro atoms. The average molecular weight is 495 g/mol. The predicted octanol–water partition coefficient (Wildman–Crippen LogP) is 7.45. The lowest BCUT2D eigenvalue weighted by Crippen LogP contribution is -2.31. The second-order valence-electron chi connectivity index (χ2n) is 10.8. The quantitative estimate of drug-likeness (QED) is 0.244. The van der Waals surface area contributed by atoms with Crippen LogP contribution < -0.4 is 21.2 Å². The van der Waals surface area contributed by atoms with Crippen LogP contribution in [0.2, 0.25) is 0 Å². The van der Waals surface area contributed by atoms with Gasteiger partial charge in [-0.15, -0.1) is 0 Å². The fraction of sp³-hybridized carbons (Fsp3) is 0.273. The largest absolute Gasteiger partial charge is 0.0622 e. The smallest absolute Gasteiger partial charge is 0.00522 e. The number of hydrogen-bond acceptors (Lipinski definition) is 0. The van der Waals surface area contributed by atoms with Crippen LogP contribution in [-0.4, -0.2) is 11.3 Å². The van der Waals surface area contributed by atoms with Crippen LogP contribution in [0.3, 0.4) is 0 Å². The number of benzene rings is 4. The maximum absolute atomic E-state index is 2.46. The summed E-state index contributed by atoms with van der Waals surface area (Å²) in [5.74, 6) is 0.729. The molecular formula is C33H36P2. The zero-order chi connectivity index (χ0) is 24.3. The molecule has 3 atom stereocenters. The molecule has 0 bridgehead atoms. The van der Waals surface area contributed by atoms with Crippen molar-refractivity contribution in [3.05, 3.63) is 121 Å². The molecule has 2 heteroatoms. The minimum atomic E-state index is -0.462. The van der Waals surface area contributed by atoms with E-state index in [-0.39, 0.29) is 0 Å². The zero-order valence-corrected chi connectivity index (χ0v) is 22.9. The molecule has 0 aromatic heterocycles. The summed E-state index contributed by atoms with van der Waals surface area (Å²) in [4.78, 5) is 0. The molecule has 0 N–H and O–H groups in total. The molecule has 2 unspecified atom stereocenters. The van der Waals surface area contributed by atoms with Crippen molar-refractivity contribution < 1.29 is 0 Å². The minimum absolute atomic E-state index is 0.315. The molecule has 0 aliphatic heterocycles. The van der Waals surface area contributed by atoms with Crippen LogP contribution in [0, 0.1) is 11.3 Å².